The van der Waals surface area contributed by atoms with Gasteiger partial charge in [-0.25, -0.2) is 0 Å². The van der Waals surface area contributed by atoms with E-state index in [-0.39, 0.29) is 0 Å². The predicted molar refractivity (Wildman–Crippen MR) is 193 cm³/mol. The van der Waals surface area contributed by atoms with E-state index < -0.39 is 0 Å². The molecule has 0 bridgehead atoms. The van der Waals surface area contributed by atoms with E-state index in [1.807, 2.05) is 29.5 Å². The number of hydrogen-bond donors (Lipinski definition) is 0. The van der Waals surface area contributed by atoms with E-state index in [4.69, 9.17) is 1.37 Å². The molecule has 9 aromatic rings. The van der Waals surface area contributed by atoms with Crippen LogP contribution in [-0.2, 0) is 0 Å². The number of aryl methyl sites for hydroxylation is 1. The zero-order valence-corrected chi connectivity index (χ0v) is 25.1. The third-order valence-electron chi connectivity index (χ3n) is 9.12. The standard InChI is InChI=1S/C43H28S/c1-27-18-25-38(42-37-16-8-9-17-39(37)44-43(27)42)41-35-14-6-4-12-33(35)40(34-13-5-7-15-36(34)41)30-22-19-29(20-23-30)32-24-21-28-10-2-3-11-31(28)26-32/h2-26H,1H3/i2D. The van der Waals surface area contributed by atoms with Crippen LogP contribution in [0, 0.1) is 6.92 Å². The third kappa shape index (κ3) is 3.83. The lowest BCUT2D eigenvalue weighted by Gasteiger charge is -2.19. The molecule has 8 aromatic carbocycles. The van der Waals surface area contributed by atoms with Gasteiger partial charge < -0.3 is 0 Å². The van der Waals surface area contributed by atoms with Gasteiger partial charge in [0.1, 0.15) is 0 Å². The molecule has 0 aliphatic rings. The first-order chi connectivity index (χ1) is 22.1. The van der Waals surface area contributed by atoms with Crippen LogP contribution in [0.2, 0.25) is 0 Å². The quantitative estimate of drug-likeness (QED) is 0.183. The van der Waals surface area contributed by atoms with Crippen LogP contribution in [0.15, 0.2) is 152 Å². The highest BCUT2D eigenvalue weighted by Gasteiger charge is 2.20. The maximum Gasteiger partial charge on any atom is 0.0623 e. The molecule has 44 heavy (non-hydrogen) atoms. The molecule has 206 valence electrons. The van der Waals surface area contributed by atoms with Crippen molar-refractivity contribution in [3.05, 3.63) is 157 Å². The Balaban J connectivity index is 1.28. The highest BCUT2D eigenvalue weighted by atomic mass is 32.1. The minimum Gasteiger partial charge on any atom is -0.135 e. The van der Waals surface area contributed by atoms with Gasteiger partial charge in [-0.1, -0.05) is 140 Å². The molecule has 0 N–H and O–H groups in total. The monoisotopic (exact) mass is 577 g/mol. The lowest BCUT2D eigenvalue weighted by molar-refractivity contribution is 1.56. The molecule has 0 radical (unpaired) electrons. The Kier molecular flexibility index (Phi) is 5.46. The number of thiophene rings is 1. The molecule has 0 spiro atoms. The number of fused-ring (bicyclic) bond motifs is 6. The van der Waals surface area contributed by atoms with Gasteiger partial charge in [0.25, 0.3) is 0 Å². The average Bonchev–Trinajstić information content (AvgIpc) is 3.48. The molecule has 1 heterocycles. The highest BCUT2D eigenvalue weighted by Crippen LogP contribution is 2.48. The van der Waals surface area contributed by atoms with Gasteiger partial charge in [-0.15, -0.1) is 11.3 Å². The molecule has 0 aliphatic heterocycles. The summed E-state index contributed by atoms with van der Waals surface area (Å²) in [5.74, 6) is 0. The molecule has 0 unspecified atom stereocenters. The van der Waals surface area contributed by atoms with Crippen LogP contribution >= 0.6 is 11.3 Å². The van der Waals surface area contributed by atoms with E-state index in [0.717, 1.165) is 10.8 Å². The van der Waals surface area contributed by atoms with Gasteiger partial charge in [-0.2, -0.15) is 0 Å². The minimum absolute atomic E-state index is 0.542. The number of rotatable bonds is 3. The molecule has 0 nitrogen and oxygen atoms in total. The molecular weight excluding hydrogens is 549 g/mol. The summed E-state index contributed by atoms with van der Waals surface area (Å²) >= 11 is 1.90. The van der Waals surface area contributed by atoms with Crippen LogP contribution in [-0.4, -0.2) is 0 Å². The zero-order valence-electron chi connectivity index (χ0n) is 25.3. The molecule has 0 saturated carbocycles. The predicted octanol–water partition coefficient (Wildman–Crippen LogP) is 12.8. The third-order valence-corrected chi connectivity index (χ3v) is 10.4. The van der Waals surface area contributed by atoms with E-state index >= 15 is 0 Å². The summed E-state index contributed by atoms with van der Waals surface area (Å²) in [6.07, 6.45) is 0. The number of hydrogen-bond acceptors (Lipinski definition) is 1. The summed E-state index contributed by atoms with van der Waals surface area (Å²) in [5, 5.41) is 10.0. The molecule has 0 saturated heterocycles. The Bertz CT molecular complexity index is 2550. The topological polar surface area (TPSA) is 0 Å². The Labute approximate surface area is 261 Å². The van der Waals surface area contributed by atoms with Gasteiger partial charge in [0.15, 0.2) is 0 Å². The normalized spacial score (nSPS) is 12.1. The smallest absolute Gasteiger partial charge is 0.0623 e. The molecule has 1 aromatic heterocycles. The summed E-state index contributed by atoms with van der Waals surface area (Å²) in [4.78, 5) is 0. The maximum absolute atomic E-state index is 7.95. The minimum atomic E-state index is 0.542. The largest absolute Gasteiger partial charge is 0.135 e. The highest BCUT2D eigenvalue weighted by molar-refractivity contribution is 7.26. The molecule has 0 amide bonds. The first-order valence-electron chi connectivity index (χ1n) is 15.6. The molecular formula is C43H28S. The summed E-state index contributed by atoms with van der Waals surface area (Å²) in [6.45, 7) is 2.23. The summed E-state index contributed by atoms with van der Waals surface area (Å²) in [5.41, 5.74) is 8.80. The van der Waals surface area contributed by atoms with Crippen LogP contribution < -0.4 is 0 Å². The second-order valence-corrected chi connectivity index (χ2v) is 12.7. The Morgan fingerprint density at radius 3 is 1.82 bits per heavy atom. The molecule has 0 fully saturated rings. The van der Waals surface area contributed by atoms with Gasteiger partial charge >= 0.3 is 0 Å². The Morgan fingerprint density at radius 1 is 0.477 bits per heavy atom. The summed E-state index contributed by atoms with van der Waals surface area (Å²) in [6, 6.07) is 53.2. The molecule has 1 heteroatoms. The van der Waals surface area contributed by atoms with Crippen molar-refractivity contribution in [3.8, 4) is 33.4 Å². The van der Waals surface area contributed by atoms with Crippen molar-refractivity contribution in [2.45, 2.75) is 6.92 Å². The van der Waals surface area contributed by atoms with Gasteiger partial charge in [0.2, 0.25) is 0 Å². The van der Waals surface area contributed by atoms with Crippen molar-refractivity contribution in [3.63, 3.8) is 0 Å². The fourth-order valence-corrected chi connectivity index (χ4v) is 8.23. The van der Waals surface area contributed by atoms with Gasteiger partial charge in [-0.05, 0) is 90.3 Å². The maximum atomic E-state index is 7.95. The first kappa shape index (κ1) is 24.2. The SMILES string of the molecule is [2H]c1ccc2cc(-c3ccc(-c4c5ccccc5c(-c5ccc(C)c6sc7ccccc7c56)c5ccccc45)cc3)ccc2c1. The van der Waals surface area contributed by atoms with Crippen molar-refractivity contribution in [2.75, 3.05) is 0 Å². The molecule has 0 aliphatic carbocycles. The van der Waals surface area contributed by atoms with E-state index in [1.165, 1.54) is 80.7 Å². The van der Waals surface area contributed by atoms with Crippen molar-refractivity contribution >= 4 is 63.8 Å². The Hall–Kier alpha value is -5.24. The van der Waals surface area contributed by atoms with Crippen molar-refractivity contribution in [1.29, 1.82) is 0 Å². The van der Waals surface area contributed by atoms with Crippen LogP contribution in [0.1, 0.15) is 6.93 Å². The fourth-order valence-electron chi connectivity index (χ4n) is 7.03. The summed E-state index contributed by atoms with van der Waals surface area (Å²) < 4.78 is 10.7. The van der Waals surface area contributed by atoms with E-state index in [2.05, 4.69) is 134 Å². The molecule has 9 rings (SSSR count). The van der Waals surface area contributed by atoms with Crippen LogP contribution in [0.5, 0.6) is 0 Å². The average molecular weight is 578 g/mol. The fraction of sp³-hybridized carbons (Fsp3) is 0.0233. The van der Waals surface area contributed by atoms with Crippen molar-refractivity contribution < 1.29 is 1.37 Å². The van der Waals surface area contributed by atoms with Crippen LogP contribution in [0.25, 0.3) is 85.9 Å². The second kappa shape index (κ2) is 9.91. The van der Waals surface area contributed by atoms with E-state index in [9.17, 15) is 0 Å². The number of benzene rings is 8. The molecule has 0 atom stereocenters. The van der Waals surface area contributed by atoms with Crippen LogP contribution in [0.4, 0.5) is 0 Å². The van der Waals surface area contributed by atoms with Crippen molar-refractivity contribution in [2.24, 2.45) is 0 Å². The van der Waals surface area contributed by atoms with Gasteiger partial charge in [-0.3, -0.25) is 0 Å². The lowest BCUT2D eigenvalue weighted by atomic mass is 9.84. The summed E-state index contributed by atoms with van der Waals surface area (Å²) in [7, 11) is 0. The second-order valence-electron chi connectivity index (χ2n) is 11.6. The Morgan fingerprint density at radius 2 is 1.09 bits per heavy atom. The lowest BCUT2D eigenvalue weighted by Crippen LogP contribution is -1.92. The first-order valence-corrected chi connectivity index (χ1v) is 15.9. The van der Waals surface area contributed by atoms with E-state index in [1.54, 1.807) is 0 Å². The van der Waals surface area contributed by atoms with Crippen LogP contribution in [0.3, 0.4) is 0 Å². The van der Waals surface area contributed by atoms with Crippen molar-refractivity contribution in [1.82, 2.24) is 0 Å². The zero-order chi connectivity index (χ0) is 30.1. The van der Waals surface area contributed by atoms with Gasteiger partial charge in [0, 0.05) is 20.2 Å². The van der Waals surface area contributed by atoms with Gasteiger partial charge in [0.05, 0.1) is 1.37 Å². The van der Waals surface area contributed by atoms with E-state index in [0.29, 0.717) is 6.04 Å².